The van der Waals surface area contributed by atoms with Gasteiger partial charge in [-0.1, -0.05) is 23.8 Å². The molecule has 1 fully saturated rings. The number of piperazine rings is 1. The molecule has 0 spiro atoms. The van der Waals surface area contributed by atoms with Crippen LogP contribution in [-0.4, -0.2) is 58.7 Å². The van der Waals surface area contributed by atoms with Crippen molar-refractivity contribution in [2.24, 2.45) is 0 Å². The second kappa shape index (κ2) is 8.21. The topological polar surface area (TPSA) is 82.6 Å². The summed E-state index contributed by atoms with van der Waals surface area (Å²) in [7, 11) is 0. The number of rotatable bonds is 3. The van der Waals surface area contributed by atoms with Crippen LogP contribution in [0, 0.1) is 13.8 Å². The molecule has 0 unspecified atom stereocenters. The van der Waals surface area contributed by atoms with Gasteiger partial charge in [-0.25, -0.2) is 4.98 Å². The highest BCUT2D eigenvalue weighted by Crippen LogP contribution is 2.17. The van der Waals surface area contributed by atoms with Gasteiger partial charge in [0.05, 0.1) is 0 Å². The Labute approximate surface area is 164 Å². The van der Waals surface area contributed by atoms with E-state index in [1.165, 1.54) is 6.92 Å². The molecule has 1 aromatic heterocycles. The monoisotopic (exact) mass is 380 g/mol. The van der Waals surface area contributed by atoms with Gasteiger partial charge in [-0.3, -0.25) is 14.4 Å². The zero-order valence-electron chi connectivity index (χ0n) is 16.4. The number of anilines is 1. The first-order chi connectivity index (χ1) is 13.3. The number of carbonyl (C=O) groups excluding carboxylic acids is 3. The summed E-state index contributed by atoms with van der Waals surface area (Å²) in [5, 5.41) is 2.85. The van der Waals surface area contributed by atoms with Crippen molar-refractivity contribution in [2.75, 3.05) is 31.5 Å². The molecule has 7 nitrogen and oxygen atoms in total. The Morgan fingerprint density at radius 2 is 1.57 bits per heavy atom. The van der Waals surface area contributed by atoms with Crippen LogP contribution in [0.3, 0.4) is 0 Å². The van der Waals surface area contributed by atoms with Gasteiger partial charge in [0.1, 0.15) is 11.4 Å². The Hall–Kier alpha value is -3.22. The number of nitrogens with zero attached hydrogens (tertiary/aromatic N) is 3. The van der Waals surface area contributed by atoms with Crippen LogP contribution < -0.4 is 5.32 Å². The van der Waals surface area contributed by atoms with Gasteiger partial charge in [0.15, 0.2) is 0 Å². The van der Waals surface area contributed by atoms with Gasteiger partial charge < -0.3 is 15.1 Å². The summed E-state index contributed by atoms with van der Waals surface area (Å²) in [6, 6.07) is 10.6. The van der Waals surface area contributed by atoms with Crippen LogP contribution in [0.15, 0.2) is 36.4 Å². The van der Waals surface area contributed by atoms with Crippen LogP contribution in [0.1, 0.15) is 39.0 Å². The third-order valence-electron chi connectivity index (χ3n) is 4.84. The molecule has 0 saturated carbocycles. The van der Waals surface area contributed by atoms with Gasteiger partial charge in [0.2, 0.25) is 5.91 Å². The number of amides is 3. The summed E-state index contributed by atoms with van der Waals surface area (Å²) >= 11 is 0. The average molecular weight is 380 g/mol. The lowest BCUT2D eigenvalue weighted by Gasteiger charge is -2.34. The standard InChI is InChI=1S/C21H24N4O3/c1-14-7-8-17(15(2)13-14)23-20(27)18-5-4-6-19(22-18)21(28)25-11-9-24(10-12-25)16(3)26/h4-8,13H,9-12H2,1-3H3,(H,23,27). The largest absolute Gasteiger partial charge is 0.339 e. The molecule has 2 aromatic rings. The number of aromatic nitrogens is 1. The van der Waals surface area contributed by atoms with Gasteiger partial charge in [0, 0.05) is 38.8 Å². The molecule has 0 atom stereocenters. The number of nitrogens with one attached hydrogen (secondary N) is 1. The highest BCUT2D eigenvalue weighted by molar-refractivity contribution is 6.04. The van der Waals surface area contributed by atoms with Gasteiger partial charge >= 0.3 is 0 Å². The molecule has 1 aliphatic heterocycles. The van der Waals surface area contributed by atoms with Crippen molar-refractivity contribution in [1.82, 2.24) is 14.8 Å². The minimum absolute atomic E-state index is 0.00953. The van der Waals surface area contributed by atoms with E-state index in [4.69, 9.17) is 0 Å². The van der Waals surface area contributed by atoms with E-state index in [2.05, 4.69) is 10.3 Å². The highest BCUT2D eigenvalue weighted by Gasteiger charge is 2.24. The van der Waals surface area contributed by atoms with E-state index < -0.39 is 0 Å². The van der Waals surface area contributed by atoms with Crippen molar-refractivity contribution >= 4 is 23.4 Å². The molecule has 1 N–H and O–H groups in total. The lowest BCUT2D eigenvalue weighted by Crippen LogP contribution is -2.50. The van der Waals surface area contributed by atoms with E-state index in [9.17, 15) is 14.4 Å². The second-order valence-corrected chi connectivity index (χ2v) is 6.98. The fraction of sp³-hybridized carbons (Fsp3) is 0.333. The van der Waals surface area contributed by atoms with Crippen LogP contribution in [-0.2, 0) is 4.79 Å². The smallest absolute Gasteiger partial charge is 0.274 e. The van der Waals surface area contributed by atoms with Gasteiger partial charge in [-0.2, -0.15) is 0 Å². The zero-order valence-corrected chi connectivity index (χ0v) is 16.4. The van der Waals surface area contributed by atoms with Gasteiger partial charge in [-0.05, 0) is 37.6 Å². The molecule has 7 heteroatoms. The number of benzene rings is 1. The lowest BCUT2D eigenvalue weighted by atomic mass is 10.1. The first-order valence-electron chi connectivity index (χ1n) is 9.25. The van der Waals surface area contributed by atoms with E-state index in [1.807, 2.05) is 32.0 Å². The molecule has 0 bridgehead atoms. The Morgan fingerprint density at radius 1 is 0.929 bits per heavy atom. The third-order valence-corrected chi connectivity index (χ3v) is 4.84. The Kier molecular flexibility index (Phi) is 5.73. The third kappa shape index (κ3) is 4.36. The summed E-state index contributed by atoms with van der Waals surface area (Å²) in [5.41, 5.74) is 3.21. The summed E-state index contributed by atoms with van der Waals surface area (Å²) in [6.45, 7) is 7.37. The van der Waals surface area contributed by atoms with Crippen molar-refractivity contribution in [3.63, 3.8) is 0 Å². The summed E-state index contributed by atoms with van der Waals surface area (Å²) in [4.78, 5) is 44.4. The molecule has 1 aliphatic rings. The number of hydrogen-bond acceptors (Lipinski definition) is 4. The number of aryl methyl sites for hydroxylation is 2. The molecule has 146 valence electrons. The predicted molar refractivity (Wildman–Crippen MR) is 106 cm³/mol. The molecule has 0 aliphatic carbocycles. The van der Waals surface area contributed by atoms with E-state index >= 15 is 0 Å². The molecule has 3 amide bonds. The molecule has 1 aromatic carbocycles. The van der Waals surface area contributed by atoms with Gasteiger partial charge in [-0.15, -0.1) is 0 Å². The fourth-order valence-corrected chi connectivity index (χ4v) is 3.21. The maximum absolute atomic E-state index is 12.7. The van der Waals surface area contributed by atoms with E-state index in [1.54, 1.807) is 28.0 Å². The normalized spacial score (nSPS) is 14.0. The van der Waals surface area contributed by atoms with Crippen molar-refractivity contribution in [1.29, 1.82) is 0 Å². The quantitative estimate of drug-likeness (QED) is 0.885. The van der Waals surface area contributed by atoms with E-state index in [0.717, 1.165) is 16.8 Å². The molecule has 0 radical (unpaired) electrons. The van der Waals surface area contributed by atoms with Crippen LogP contribution in [0.5, 0.6) is 0 Å². The van der Waals surface area contributed by atoms with Crippen LogP contribution in [0.4, 0.5) is 5.69 Å². The first-order valence-corrected chi connectivity index (χ1v) is 9.25. The minimum atomic E-state index is -0.358. The van der Waals surface area contributed by atoms with Crippen molar-refractivity contribution in [3.8, 4) is 0 Å². The number of carbonyl (C=O) groups is 3. The summed E-state index contributed by atoms with van der Waals surface area (Å²) in [6.07, 6.45) is 0. The molecule has 2 heterocycles. The van der Waals surface area contributed by atoms with Crippen LogP contribution in [0.2, 0.25) is 0 Å². The van der Waals surface area contributed by atoms with Crippen molar-refractivity contribution in [2.45, 2.75) is 20.8 Å². The SMILES string of the molecule is CC(=O)N1CCN(C(=O)c2cccc(C(=O)Nc3ccc(C)cc3C)n2)CC1. The maximum Gasteiger partial charge on any atom is 0.274 e. The molecular formula is C21H24N4O3. The Balaban J connectivity index is 1.70. The fourth-order valence-electron chi connectivity index (χ4n) is 3.21. The maximum atomic E-state index is 12.7. The Bertz CT molecular complexity index is 918. The molecule has 28 heavy (non-hydrogen) atoms. The zero-order chi connectivity index (χ0) is 20.3. The predicted octanol–water partition coefficient (Wildman–Crippen LogP) is 2.26. The first kappa shape index (κ1) is 19.5. The molecule has 1 saturated heterocycles. The summed E-state index contributed by atoms with van der Waals surface area (Å²) < 4.78 is 0. The highest BCUT2D eigenvalue weighted by atomic mass is 16.2. The molecule has 3 rings (SSSR count). The lowest BCUT2D eigenvalue weighted by molar-refractivity contribution is -0.130. The van der Waals surface area contributed by atoms with Crippen molar-refractivity contribution in [3.05, 3.63) is 58.9 Å². The van der Waals surface area contributed by atoms with Gasteiger partial charge in [0.25, 0.3) is 11.8 Å². The van der Waals surface area contributed by atoms with E-state index in [-0.39, 0.29) is 29.1 Å². The minimum Gasteiger partial charge on any atom is -0.339 e. The van der Waals surface area contributed by atoms with Crippen molar-refractivity contribution < 1.29 is 14.4 Å². The average Bonchev–Trinajstić information content (AvgIpc) is 2.69. The number of pyridine rings is 1. The summed E-state index contributed by atoms with van der Waals surface area (Å²) in [5.74, 6) is -0.581. The number of hydrogen-bond donors (Lipinski definition) is 1. The van der Waals surface area contributed by atoms with Crippen LogP contribution >= 0.6 is 0 Å². The molecular weight excluding hydrogens is 356 g/mol. The van der Waals surface area contributed by atoms with E-state index in [0.29, 0.717) is 26.2 Å². The second-order valence-electron chi connectivity index (χ2n) is 6.98. The Morgan fingerprint density at radius 3 is 2.21 bits per heavy atom. The van der Waals surface area contributed by atoms with Crippen LogP contribution in [0.25, 0.3) is 0 Å².